The molecule has 106 valence electrons. The molecule has 1 aromatic rings. The molecule has 1 aliphatic carbocycles. The van der Waals surface area contributed by atoms with E-state index in [1.54, 1.807) is 4.88 Å². The van der Waals surface area contributed by atoms with Crippen molar-refractivity contribution in [1.82, 2.24) is 4.90 Å². The second kappa shape index (κ2) is 5.52. The monoisotopic (exact) mass is 280 g/mol. The molecule has 0 saturated heterocycles. The Morgan fingerprint density at radius 3 is 3.21 bits per heavy atom. The number of nitrogens with zero attached hydrogens (tertiary/aromatic N) is 1. The Bertz CT molecular complexity index is 434. The molecule has 0 spiro atoms. The minimum Gasteiger partial charge on any atom is -0.379 e. The number of methoxy groups -OCH3 is 1. The van der Waals surface area contributed by atoms with Gasteiger partial charge in [-0.05, 0) is 36.3 Å². The molecule has 2 aliphatic rings. The Kier molecular flexibility index (Phi) is 3.94. The van der Waals surface area contributed by atoms with Crippen LogP contribution in [0.25, 0.3) is 0 Å². The second-order valence-corrected chi connectivity index (χ2v) is 6.82. The van der Waals surface area contributed by atoms with Crippen LogP contribution in [0.15, 0.2) is 11.4 Å². The molecule has 1 saturated carbocycles. The standard InChI is InChI=1S/C15H24N2OS/c1-18-14-4-2-3-7-15(14,11-16)17-8-5-13-12(10-17)6-9-19-13/h6,9,14H,2-5,7-8,10-11,16H2,1H3. The van der Waals surface area contributed by atoms with E-state index in [0.717, 1.165) is 19.5 Å². The maximum Gasteiger partial charge on any atom is 0.0767 e. The van der Waals surface area contributed by atoms with Gasteiger partial charge in [0.25, 0.3) is 0 Å². The van der Waals surface area contributed by atoms with E-state index < -0.39 is 0 Å². The Labute approximate surface area is 119 Å². The van der Waals surface area contributed by atoms with Crippen LogP contribution in [-0.2, 0) is 17.7 Å². The number of nitrogens with two attached hydrogens (primary N) is 1. The van der Waals surface area contributed by atoms with Crippen LogP contribution in [0.2, 0.25) is 0 Å². The maximum atomic E-state index is 6.21. The van der Waals surface area contributed by atoms with E-state index in [0.29, 0.717) is 12.6 Å². The van der Waals surface area contributed by atoms with Gasteiger partial charge in [-0.1, -0.05) is 12.8 Å². The number of ether oxygens (including phenoxy) is 1. The lowest BCUT2D eigenvalue weighted by Crippen LogP contribution is -2.63. The predicted molar refractivity (Wildman–Crippen MR) is 79.5 cm³/mol. The van der Waals surface area contributed by atoms with E-state index in [4.69, 9.17) is 10.5 Å². The zero-order valence-electron chi connectivity index (χ0n) is 11.7. The van der Waals surface area contributed by atoms with Gasteiger partial charge in [-0.25, -0.2) is 0 Å². The van der Waals surface area contributed by atoms with E-state index in [-0.39, 0.29) is 5.54 Å². The molecule has 19 heavy (non-hydrogen) atoms. The molecule has 0 amide bonds. The van der Waals surface area contributed by atoms with Crippen molar-refractivity contribution < 1.29 is 4.74 Å². The van der Waals surface area contributed by atoms with Gasteiger partial charge >= 0.3 is 0 Å². The molecule has 0 aromatic carbocycles. The number of fused-ring (bicyclic) bond motifs is 1. The third-order valence-corrected chi connectivity index (χ3v) is 6.02. The molecule has 0 radical (unpaired) electrons. The molecule has 2 N–H and O–H groups in total. The molecule has 1 fully saturated rings. The predicted octanol–water partition coefficient (Wildman–Crippen LogP) is 2.39. The first kappa shape index (κ1) is 13.6. The minimum atomic E-state index is 0.0621. The van der Waals surface area contributed by atoms with Crippen molar-refractivity contribution in [3.63, 3.8) is 0 Å². The summed E-state index contributed by atoms with van der Waals surface area (Å²) in [6.07, 6.45) is 6.36. The van der Waals surface area contributed by atoms with E-state index in [2.05, 4.69) is 16.3 Å². The molecule has 2 unspecified atom stereocenters. The summed E-state index contributed by atoms with van der Waals surface area (Å²) < 4.78 is 5.80. The van der Waals surface area contributed by atoms with Gasteiger partial charge < -0.3 is 10.5 Å². The van der Waals surface area contributed by atoms with Crippen LogP contribution in [0, 0.1) is 0 Å². The van der Waals surface area contributed by atoms with Crippen molar-refractivity contribution in [2.24, 2.45) is 5.73 Å². The first-order valence-electron chi connectivity index (χ1n) is 7.33. The van der Waals surface area contributed by atoms with E-state index in [9.17, 15) is 0 Å². The summed E-state index contributed by atoms with van der Waals surface area (Å²) >= 11 is 1.90. The number of hydrogen-bond donors (Lipinski definition) is 1. The van der Waals surface area contributed by atoms with Crippen molar-refractivity contribution in [1.29, 1.82) is 0 Å². The van der Waals surface area contributed by atoms with Crippen molar-refractivity contribution in [3.8, 4) is 0 Å². The molecule has 3 nitrogen and oxygen atoms in total. The van der Waals surface area contributed by atoms with Gasteiger partial charge in [0.15, 0.2) is 0 Å². The Hall–Kier alpha value is -0.420. The zero-order chi connectivity index (χ0) is 13.3. The van der Waals surface area contributed by atoms with Crippen LogP contribution < -0.4 is 5.73 Å². The summed E-state index contributed by atoms with van der Waals surface area (Å²) in [5.41, 5.74) is 7.78. The normalized spacial score (nSPS) is 32.2. The molecule has 2 atom stereocenters. The molecular formula is C15H24N2OS. The quantitative estimate of drug-likeness (QED) is 0.924. The average Bonchev–Trinajstić information content (AvgIpc) is 2.94. The van der Waals surface area contributed by atoms with Gasteiger partial charge in [0.1, 0.15) is 0 Å². The molecule has 4 heteroatoms. The molecule has 0 bridgehead atoms. The zero-order valence-corrected chi connectivity index (χ0v) is 12.5. The Morgan fingerprint density at radius 1 is 1.53 bits per heavy atom. The maximum absolute atomic E-state index is 6.21. The largest absolute Gasteiger partial charge is 0.379 e. The highest BCUT2D eigenvalue weighted by Gasteiger charge is 2.45. The Balaban J connectivity index is 1.86. The van der Waals surface area contributed by atoms with Gasteiger partial charge in [0.2, 0.25) is 0 Å². The fraction of sp³-hybridized carbons (Fsp3) is 0.733. The summed E-state index contributed by atoms with van der Waals surface area (Å²) in [6, 6.07) is 2.28. The average molecular weight is 280 g/mol. The van der Waals surface area contributed by atoms with Gasteiger partial charge in [-0.2, -0.15) is 0 Å². The molecular weight excluding hydrogens is 256 g/mol. The van der Waals surface area contributed by atoms with E-state index >= 15 is 0 Å². The third-order valence-electron chi connectivity index (χ3n) is 5.00. The highest BCUT2D eigenvalue weighted by atomic mass is 32.1. The summed E-state index contributed by atoms with van der Waals surface area (Å²) in [5, 5.41) is 2.22. The SMILES string of the molecule is COC1CCCCC1(CN)N1CCc2sccc2C1. The summed E-state index contributed by atoms with van der Waals surface area (Å²) in [4.78, 5) is 4.17. The number of rotatable bonds is 3. The molecule has 2 heterocycles. The number of thiophene rings is 1. The summed E-state index contributed by atoms with van der Waals surface area (Å²) in [5.74, 6) is 0. The fourth-order valence-corrected chi connectivity index (χ4v) is 4.77. The van der Waals surface area contributed by atoms with E-state index in [1.165, 1.54) is 31.2 Å². The third kappa shape index (κ3) is 2.25. The molecule has 1 aliphatic heterocycles. The van der Waals surface area contributed by atoms with Crippen molar-refractivity contribution >= 4 is 11.3 Å². The van der Waals surface area contributed by atoms with Crippen LogP contribution in [0.4, 0.5) is 0 Å². The van der Waals surface area contributed by atoms with Gasteiger partial charge in [0.05, 0.1) is 11.6 Å². The smallest absolute Gasteiger partial charge is 0.0767 e. The lowest BCUT2D eigenvalue weighted by atomic mass is 9.76. The first-order valence-corrected chi connectivity index (χ1v) is 8.21. The second-order valence-electron chi connectivity index (χ2n) is 5.82. The topological polar surface area (TPSA) is 38.5 Å². The van der Waals surface area contributed by atoms with Crippen molar-refractivity contribution in [2.75, 3.05) is 20.2 Å². The van der Waals surface area contributed by atoms with Crippen LogP contribution in [0.3, 0.4) is 0 Å². The summed E-state index contributed by atoms with van der Waals surface area (Å²) in [6.45, 7) is 2.89. The van der Waals surface area contributed by atoms with Crippen molar-refractivity contribution in [3.05, 3.63) is 21.9 Å². The highest BCUT2D eigenvalue weighted by Crippen LogP contribution is 2.38. The van der Waals surface area contributed by atoms with Crippen LogP contribution in [0.5, 0.6) is 0 Å². The summed E-state index contributed by atoms with van der Waals surface area (Å²) in [7, 11) is 1.85. The highest BCUT2D eigenvalue weighted by molar-refractivity contribution is 7.10. The fourth-order valence-electron chi connectivity index (χ4n) is 3.88. The van der Waals surface area contributed by atoms with Gasteiger partial charge in [-0.15, -0.1) is 11.3 Å². The van der Waals surface area contributed by atoms with Crippen LogP contribution >= 0.6 is 11.3 Å². The lowest BCUT2D eigenvalue weighted by molar-refractivity contribution is -0.0808. The molecule has 1 aromatic heterocycles. The van der Waals surface area contributed by atoms with Crippen LogP contribution in [-0.4, -0.2) is 36.7 Å². The van der Waals surface area contributed by atoms with Gasteiger partial charge in [-0.3, -0.25) is 4.90 Å². The van der Waals surface area contributed by atoms with E-state index in [1.807, 2.05) is 18.4 Å². The molecule has 3 rings (SSSR count). The first-order chi connectivity index (χ1) is 9.30. The lowest BCUT2D eigenvalue weighted by Gasteiger charge is -2.51. The minimum absolute atomic E-state index is 0.0621. The van der Waals surface area contributed by atoms with Crippen LogP contribution in [0.1, 0.15) is 36.1 Å². The van der Waals surface area contributed by atoms with Gasteiger partial charge in [0, 0.05) is 31.6 Å². The Morgan fingerprint density at radius 2 is 2.42 bits per heavy atom. The van der Waals surface area contributed by atoms with Crippen molar-refractivity contribution in [2.45, 2.75) is 50.3 Å². The number of hydrogen-bond acceptors (Lipinski definition) is 4.